The van der Waals surface area contributed by atoms with E-state index in [9.17, 15) is 14.4 Å². The van der Waals surface area contributed by atoms with Crippen LogP contribution in [0.25, 0.3) is 0 Å². The van der Waals surface area contributed by atoms with E-state index in [0.717, 1.165) is 16.2 Å². The minimum atomic E-state index is -1.21. The van der Waals surface area contributed by atoms with Crippen molar-refractivity contribution in [2.45, 2.75) is 19.4 Å². The van der Waals surface area contributed by atoms with Crippen LogP contribution in [0.1, 0.15) is 18.1 Å². The zero-order chi connectivity index (χ0) is 23.4. The Morgan fingerprint density at radius 3 is 2.15 bits per heavy atom. The van der Waals surface area contributed by atoms with Gasteiger partial charge in [0.05, 0.1) is 11.4 Å². The number of hydrogen-bond donors (Lipinski definition) is 2. The van der Waals surface area contributed by atoms with Crippen molar-refractivity contribution in [3.63, 3.8) is 0 Å². The Morgan fingerprint density at radius 2 is 1.52 bits per heavy atom. The van der Waals surface area contributed by atoms with Gasteiger partial charge in [0.15, 0.2) is 0 Å². The normalized spacial score (nSPS) is 17.9. The molecule has 0 radical (unpaired) electrons. The molecule has 33 heavy (non-hydrogen) atoms. The highest BCUT2D eigenvalue weighted by Crippen LogP contribution is 2.29. The maximum absolute atomic E-state index is 13.0. The number of azo groups is 1. The molecular weight excluding hydrogens is 418 g/mol. The fourth-order valence-electron chi connectivity index (χ4n) is 3.49. The number of urea groups is 1. The summed E-state index contributed by atoms with van der Waals surface area (Å²) in [5.74, 6) is -0.950. The first-order valence-corrected chi connectivity index (χ1v) is 10.4. The molecule has 1 unspecified atom stereocenters. The van der Waals surface area contributed by atoms with Gasteiger partial charge in [-0.2, -0.15) is 10.2 Å². The van der Waals surface area contributed by atoms with Gasteiger partial charge in [-0.05, 0) is 55.8 Å². The van der Waals surface area contributed by atoms with Crippen molar-refractivity contribution >= 4 is 34.9 Å². The molecule has 8 nitrogen and oxygen atoms in total. The van der Waals surface area contributed by atoms with Gasteiger partial charge in [-0.25, -0.2) is 4.79 Å². The van der Waals surface area contributed by atoms with Crippen LogP contribution in [0.4, 0.5) is 21.9 Å². The van der Waals surface area contributed by atoms with E-state index < -0.39 is 23.4 Å². The number of amides is 4. The van der Waals surface area contributed by atoms with Crippen LogP contribution in [0, 0.1) is 6.92 Å². The van der Waals surface area contributed by atoms with Crippen LogP contribution in [-0.4, -0.2) is 29.3 Å². The number of hydrogen-bond acceptors (Lipinski definition) is 5. The standard InChI is InChI=1S/C25H23N5O3/c1-17-8-10-18(11-9-17)25(2)23(32)30(24(33)27-25)16-22(31)26-19-12-14-21(15-13-19)29-28-20-6-4-3-5-7-20/h3-15H,16H2,1-2H3,(H,26,31)(H,27,33). The van der Waals surface area contributed by atoms with E-state index in [1.54, 1.807) is 43.3 Å². The molecule has 1 heterocycles. The second-order valence-electron chi connectivity index (χ2n) is 7.94. The van der Waals surface area contributed by atoms with Crippen molar-refractivity contribution in [3.05, 3.63) is 90.0 Å². The molecule has 1 aliphatic heterocycles. The first-order valence-electron chi connectivity index (χ1n) is 10.4. The average Bonchev–Trinajstić information content (AvgIpc) is 3.03. The van der Waals surface area contributed by atoms with E-state index in [2.05, 4.69) is 20.9 Å². The van der Waals surface area contributed by atoms with E-state index in [1.807, 2.05) is 49.4 Å². The van der Waals surface area contributed by atoms with Crippen molar-refractivity contribution in [3.8, 4) is 0 Å². The van der Waals surface area contributed by atoms with Gasteiger partial charge in [0.2, 0.25) is 5.91 Å². The molecule has 4 amide bonds. The molecule has 0 spiro atoms. The van der Waals surface area contributed by atoms with Gasteiger partial charge in [-0.15, -0.1) is 0 Å². The van der Waals surface area contributed by atoms with Crippen molar-refractivity contribution in [1.82, 2.24) is 10.2 Å². The second-order valence-corrected chi connectivity index (χ2v) is 7.94. The lowest BCUT2D eigenvalue weighted by Gasteiger charge is -2.22. The van der Waals surface area contributed by atoms with Crippen LogP contribution in [0.5, 0.6) is 0 Å². The van der Waals surface area contributed by atoms with Crippen LogP contribution in [0.15, 0.2) is 89.1 Å². The summed E-state index contributed by atoms with van der Waals surface area (Å²) < 4.78 is 0. The van der Waals surface area contributed by atoms with Gasteiger partial charge in [0.1, 0.15) is 12.1 Å². The minimum Gasteiger partial charge on any atom is -0.325 e. The van der Waals surface area contributed by atoms with Gasteiger partial charge in [0, 0.05) is 5.69 Å². The van der Waals surface area contributed by atoms with Crippen molar-refractivity contribution in [2.75, 3.05) is 11.9 Å². The van der Waals surface area contributed by atoms with E-state index >= 15 is 0 Å². The molecule has 4 rings (SSSR count). The molecule has 0 aromatic heterocycles. The Bertz CT molecular complexity index is 1210. The number of imide groups is 1. The van der Waals surface area contributed by atoms with Gasteiger partial charge >= 0.3 is 6.03 Å². The van der Waals surface area contributed by atoms with E-state index in [0.29, 0.717) is 16.9 Å². The summed E-state index contributed by atoms with van der Waals surface area (Å²) in [6, 6.07) is 22.9. The highest BCUT2D eigenvalue weighted by molar-refractivity contribution is 6.10. The van der Waals surface area contributed by atoms with Crippen LogP contribution >= 0.6 is 0 Å². The molecular formula is C25H23N5O3. The summed E-state index contributed by atoms with van der Waals surface area (Å²) in [4.78, 5) is 38.9. The largest absolute Gasteiger partial charge is 0.325 e. The van der Waals surface area contributed by atoms with E-state index in [-0.39, 0.29) is 6.54 Å². The van der Waals surface area contributed by atoms with E-state index in [4.69, 9.17) is 0 Å². The first kappa shape index (κ1) is 21.9. The lowest BCUT2D eigenvalue weighted by molar-refractivity contribution is -0.133. The highest BCUT2D eigenvalue weighted by Gasteiger charge is 2.49. The Hall–Kier alpha value is -4.33. The second kappa shape index (κ2) is 9.04. The predicted molar refractivity (Wildman–Crippen MR) is 124 cm³/mol. The highest BCUT2D eigenvalue weighted by atomic mass is 16.2. The Balaban J connectivity index is 1.38. The molecule has 1 atom stereocenters. The minimum absolute atomic E-state index is 0.387. The Morgan fingerprint density at radius 1 is 0.909 bits per heavy atom. The fourth-order valence-corrected chi connectivity index (χ4v) is 3.49. The average molecular weight is 441 g/mol. The number of anilines is 1. The maximum atomic E-state index is 13.0. The smallest absolute Gasteiger partial charge is 0.325 e. The zero-order valence-electron chi connectivity index (χ0n) is 18.3. The van der Waals surface area contributed by atoms with Crippen molar-refractivity contribution in [1.29, 1.82) is 0 Å². The number of carbonyl (C=O) groups is 3. The first-order chi connectivity index (χ1) is 15.8. The summed E-state index contributed by atoms with van der Waals surface area (Å²) in [6.07, 6.45) is 0. The maximum Gasteiger partial charge on any atom is 0.325 e. The third-order valence-corrected chi connectivity index (χ3v) is 5.39. The zero-order valence-corrected chi connectivity index (χ0v) is 18.3. The van der Waals surface area contributed by atoms with Gasteiger partial charge in [0.25, 0.3) is 5.91 Å². The van der Waals surface area contributed by atoms with E-state index in [1.165, 1.54) is 0 Å². The van der Waals surface area contributed by atoms with Gasteiger partial charge in [-0.3, -0.25) is 14.5 Å². The third kappa shape index (κ3) is 4.79. The van der Waals surface area contributed by atoms with Gasteiger partial charge < -0.3 is 10.6 Å². The van der Waals surface area contributed by atoms with Crippen LogP contribution in [0.3, 0.4) is 0 Å². The lowest BCUT2D eigenvalue weighted by atomic mass is 9.91. The summed E-state index contributed by atoms with van der Waals surface area (Å²) in [6.45, 7) is 3.19. The third-order valence-electron chi connectivity index (χ3n) is 5.39. The summed E-state index contributed by atoms with van der Waals surface area (Å²) in [7, 11) is 0. The quantitative estimate of drug-likeness (QED) is 0.423. The Kier molecular flexibility index (Phi) is 5.99. The monoisotopic (exact) mass is 441 g/mol. The summed E-state index contributed by atoms with van der Waals surface area (Å²) >= 11 is 0. The molecule has 3 aromatic carbocycles. The van der Waals surface area contributed by atoms with Crippen LogP contribution in [0.2, 0.25) is 0 Å². The van der Waals surface area contributed by atoms with Crippen LogP contribution < -0.4 is 10.6 Å². The molecule has 166 valence electrons. The lowest BCUT2D eigenvalue weighted by Crippen LogP contribution is -2.42. The molecule has 1 saturated heterocycles. The van der Waals surface area contributed by atoms with Gasteiger partial charge in [-0.1, -0.05) is 48.0 Å². The molecule has 1 fully saturated rings. The molecule has 1 aliphatic rings. The number of nitrogens with zero attached hydrogens (tertiary/aromatic N) is 3. The number of carbonyl (C=O) groups excluding carboxylic acids is 3. The summed E-state index contributed by atoms with van der Waals surface area (Å²) in [5, 5.41) is 13.7. The molecule has 3 aromatic rings. The van der Waals surface area contributed by atoms with Crippen LogP contribution in [-0.2, 0) is 15.1 Å². The number of nitrogens with one attached hydrogen (secondary N) is 2. The number of aryl methyl sites for hydroxylation is 1. The molecule has 8 heteroatoms. The molecule has 0 saturated carbocycles. The van der Waals surface area contributed by atoms with Crippen molar-refractivity contribution in [2.24, 2.45) is 10.2 Å². The fraction of sp³-hybridized carbons (Fsp3) is 0.160. The Labute approximate surface area is 191 Å². The number of rotatable bonds is 6. The summed E-state index contributed by atoms with van der Waals surface area (Å²) in [5.41, 5.74) is 2.38. The molecule has 0 bridgehead atoms. The SMILES string of the molecule is Cc1ccc(C2(C)NC(=O)N(CC(=O)Nc3ccc(N=Nc4ccccc4)cc3)C2=O)cc1. The predicted octanol–water partition coefficient (Wildman–Crippen LogP) is 4.82. The molecule has 0 aliphatic carbocycles. The molecule has 2 N–H and O–H groups in total. The topological polar surface area (TPSA) is 103 Å². The number of benzene rings is 3. The van der Waals surface area contributed by atoms with Crippen molar-refractivity contribution < 1.29 is 14.4 Å².